The molecule has 0 bridgehead atoms. The number of amides is 2. The largest absolute Gasteiger partial charge is 0.486 e. The minimum absolute atomic E-state index is 0.237. The lowest BCUT2D eigenvalue weighted by Gasteiger charge is -2.30. The van der Waals surface area contributed by atoms with E-state index in [-0.39, 0.29) is 12.0 Å². The van der Waals surface area contributed by atoms with Gasteiger partial charge >= 0.3 is 6.09 Å². The van der Waals surface area contributed by atoms with Crippen molar-refractivity contribution >= 4 is 51.7 Å². The van der Waals surface area contributed by atoms with Gasteiger partial charge in [0.15, 0.2) is 0 Å². The summed E-state index contributed by atoms with van der Waals surface area (Å²) in [5.41, 5.74) is 3.27. The molecule has 2 N–H and O–H groups in total. The number of piperidine rings is 1. The summed E-state index contributed by atoms with van der Waals surface area (Å²) in [4.78, 5) is 39.9. The molecule has 2 amide bonds. The summed E-state index contributed by atoms with van der Waals surface area (Å²) in [7, 11) is 0. The normalized spacial score (nSPS) is 13.4. The molecule has 11 heteroatoms. The van der Waals surface area contributed by atoms with Gasteiger partial charge in [0.2, 0.25) is 5.91 Å². The van der Waals surface area contributed by atoms with Gasteiger partial charge in [-0.15, -0.1) is 0 Å². The quantitative estimate of drug-likeness (QED) is 0.220. The highest BCUT2D eigenvalue weighted by atomic mass is 35.5. The Labute approximate surface area is 255 Å². The van der Waals surface area contributed by atoms with Crippen LogP contribution in [0.3, 0.4) is 0 Å². The topological polar surface area (TPSA) is 119 Å². The minimum atomic E-state index is -0.541. The smallest absolute Gasteiger partial charge is 0.410 e. The molecule has 5 rings (SSSR count). The van der Waals surface area contributed by atoms with Gasteiger partial charge in [0.05, 0.1) is 16.2 Å². The van der Waals surface area contributed by atoms with E-state index < -0.39 is 5.60 Å². The molecule has 0 atom stereocenters. The van der Waals surface area contributed by atoms with Crippen molar-refractivity contribution in [3.63, 3.8) is 0 Å². The number of nitrogens with one attached hydrogen (secondary N) is 2. The Hall–Kier alpha value is -4.70. The van der Waals surface area contributed by atoms with E-state index in [1.165, 1.54) is 6.33 Å². The molecule has 43 heavy (non-hydrogen) atoms. The van der Waals surface area contributed by atoms with Crippen LogP contribution in [0.2, 0.25) is 5.02 Å². The van der Waals surface area contributed by atoms with Crippen molar-refractivity contribution in [2.24, 2.45) is 0 Å². The van der Waals surface area contributed by atoms with E-state index in [0.29, 0.717) is 66.0 Å². The van der Waals surface area contributed by atoms with Gasteiger partial charge in [-0.05, 0) is 82.1 Å². The molecule has 2 aromatic heterocycles. The molecule has 0 unspecified atom stereocenters. The number of nitrogens with zero attached hydrogens (tertiary/aromatic N) is 4. The van der Waals surface area contributed by atoms with Crippen LogP contribution in [0.25, 0.3) is 10.9 Å². The number of anilines is 3. The highest BCUT2D eigenvalue weighted by molar-refractivity contribution is 6.32. The van der Waals surface area contributed by atoms with E-state index in [4.69, 9.17) is 21.1 Å². The second-order valence-corrected chi connectivity index (χ2v) is 11.5. The first-order valence-corrected chi connectivity index (χ1v) is 14.3. The molecular formula is C32H33ClN6O4. The number of ether oxygens (including phenoxy) is 2. The summed E-state index contributed by atoms with van der Waals surface area (Å²) in [6, 6.07) is 16.5. The number of fused-ring (bicyclic) bond motifs is 1. The van der Waals surface area contributed by atoms with Gasteiger partial charge in [0, 0.05) is 42.1 Å². The number of hydrogen-bond acceptors (Lipinski definition) is 8. The Morgan fingerprint density at radius 1 is 1.00 bits per heavy atom. The maximum absolute atomic E-state index is 12.8. The molecule has 10 nitrogen and oxygen atoms in total. The van der Waals surface area contributed by atoms with Gasteiger partial charge in [0.1, 0.15) is 30.1 Å². The van der Waals surface area contributed by atoms with Crippen LogP contribution >= 0.6 is 11.6 Å². The molecule has 1 aliphatic rings. The van der Waals surface area contributed by atoms with Crippen molar-refractivity contribution in [1.29, 1.82) is 0 Å². The van der Waals surface area contributed by atoms with Crippen LogP contribution < -0.4 is 15.4 Å². The zero-order valence-electron chi connectivity index (χ0n) is 24.3. The number of carbonyl (C=O) groups is 2. The van der Waals surface area contributed by atoms with Crippen LogP contribution in [0.4, 0.5) is 22.0 Å². The Bertz CT molecular complexity index is 1650. The van der Waals surface area contributed by atoms with Crippen LogP contribution in [-0.2, 0) is 16.1 Å². The van der Waals surface area contributed by atoms with Gasteiger partial charge in [-0.2, -0.15) is 0 Å². The monoisotopic (exact) mass is 600 g/mol. The molecular weight excluding hydrogens is 568 g/mol. The predicted molar refractivity (Wildman–Crippen MR) is 167 cm³/mol. The molecule has 0 saturated carbocycles. The number of likely N-dealkylation sites (tertiary alicyclic amines) is 1. The van der Waals surface area contributed by atoms with Crippen molar-refractivity contribution in [3.8, 4) is 5.75 Å². The molecule has 4 aromatic rings. The number of aromatic nitrogens is 3. The summed E-state index contributed by atoms with van der Waals surface area (Å²) in [6.07, 6.45) is 5.70. The third-order valence-electron chi connectivity index (χ3n) is 6.59. The number of rotatable bonds is 7. The van der Waals surface area contributed by atoms with Crippen LogP contribution in [-0.4, -0.2) is 50.5 Å². The van der Waals surface area contributed by atoms with Crippen LogP contribution in [0.1, 0.15) is 39.3 Å². The second-order valence-electron chi connectivity index (χ2n) is 11.1. The fourth-order valence-electron chi connectivity index (χ4n) is 4.51. The van der Waals surface area contributed by atoms with Crippen LogP contribution in [0.15, 0.2) is 78.8 Å². The lowest BCUT2D eigenvalue weighted by Crippen LogP contribution is -2.40. The van der Waals surface area contributed by atoms with E-state index in [1.54, 1.807) is 35.4 Å². The Morgan fingerprint density at radius 3 is 2.51 bits per heavy atom. The fraction of sp³-hybridized carbons (Fsp3) is 0.281. The summed E-state index contributed by atoms with van der Waals surface area (Å²) in [6.45, 7) is 6.86. The van der Waals surface area contributed by atoms with Gasteiger partial charge in [-0.25, -0.2) is 14.8 Å². The van der Waals surface area contributed by atoms with E-state index in [1.807, 2.05) is 57.2 Å². The first-order chi connectivity index (χ1) is 20.6. The zero-order chi connectivity index (χ0) is 30.4. The molecule has 1 aliphatic heterocycles. The minimum Gasteiger partial charge on any atom is -0.486 e. The maximum Gasteiger partial charge on any atom is 0.410 e. The average Bonchev–Trinajstić information content (AvgIpc) is 2.97. The molecule has 3 heterocycles. The number of pyridine rings is 1. The zero-order valence-corrected chi connectivity index (χ0v) is 25.0. The Morgan fingerprint density at radius 2 is 1.79 bits per heavy atom. The Kier molecular flexibility index (Phi) is 9.06. The second kappa shape index (κ2) is 13.1. The van der Waals surface area contributed by atoms with E-state index in [9.17, 15) is 9.59 Å². The number of benzene rings is 2. The third kappa shape index (κ3) is 8.20. The highest BCUT2D eigenvalue weighted by Gasteiger charge is 2.25. The predicted octanol–water partition coefficient (Wildman–Crippen LogP) is 6.90. The van der Waals surface area contributed by atoms with Gasteiger partial charge in [-0.3, -0.25) is 9.78 Å². The van der Waals surface area contributed by atoms with Gasteiger partial charge in [0.25, 0.3) is 0 Å². The lowest BCUT2D eigenvalue weighted by molar-refractivity contribution is -0.112. The molecule has 222 valence electrons. The standard InChI is InChI=1S/C32H33ClN6O4/c1-32(2,3)43-31(41)39-14-11-21(12-15-39)16-29(40)37-22-7-9-27-25(17-22)30(36-20-35-27)38-23-8-10-28(26(33)18-23)42-19-24-6-4-5-13-34-24/h4-10,13,16-18,20H,11-12,14-15,19H2,1-3H3,(H,37,40)(H,35,36,38). The van der Waals surface area contributed by atoms with Gasteiger partial charge in [-0.1, -0.05) is 23.2 Å². The highest BCUT2D eigenvalue weighted by Crippen LogP contribution is 2.31. The molecule has 2 aromatic carbocycles. The van der Waals surface area contributed by atoms with Crippen molar-refractivity contribution in [2.45, 2.75) is 45.8 Å². The number of hydrogen-bond donors (Lipinski definition) is 2. The number of carbonyl (C=O) groups excluding carboxylic acids is 2. The van der Waals surface area contributed by atoms with E-state index >= 15 is 0 Å². The first-order valence-electron chi connectivity index (χ1n) is 14.0. The summed E-state index contributed by atoms with van der Waals surface area (Å²) >= 11 is 6.49. The average molecular weight is 601 g/mol. The molecule has 1 saturated heterocycles. The molecule has 1 fully saturated rings. The Balaban J connectivity index is 1.22. The van der Waals surface area contributed by atoms with Crippen molar-refractivity contribution in [3.05, 3.63) is 89.5 Å². The molecule has 0 spiro atoms. The summed E-state index contributed by atoms with van der Waals surface area (Å²) in [5.74, 6) is 0.867. The molecule has 0 aliphatic carbocycles. The van der Waals surface area contributed by atoms with Crippen molar-refractivity contribution < 1.29 is 19.1 Å². The number of halogens is 1. The summed E-state index contributed by atoms with van der Waals surface area (Å²) < 4.78 is 11.3. The van der Waals surface area contributed by atoms with E-state index in [2.05, 4.69) is 25.6 Å². The SMILES string of the molecule is CC(C)(C)OC(=O)N1CCC(=CC(=O)Nc2ccc3ncnc(Nc4ccc(OCc5ccccn5)c(Cl)c4)c3c2)CC1. The van der Waals surface area contributed by atoms with Crippen molar-refractivity contribution in [1.82, 2.24) is 19.9 Å². The summed E-state index contributed by atoms with van der Waals surface area (Å²) in [5, 5.41) is 7.40. The van der Waals surface area contributed by atoms with Crippen molar-refractivity contribution in [2.75, 3.05) is 23.7 Å². The first kappa shape index (κ1) is 29.8. The third-order valence-corrected chi connectivity index (χ3v) is 6.89. The van der Waals surface area contributed by atoms with Crippen LogP contribution in [0.5, 0.6) is 5.75 Å². The fourth-order valence-corrected chi connectivity index (χ4v) is 4.75. The lowest BCUT2D eigenvalue weighted by atomic mass is 10.0. The molecule has 0 radical (unpaired) electrons. The van der Waals surface area contributed by atoms with Crippen LogP contribution in [0, 0.1) is 0 Å². The van der Waals surface area contributed by atoms with E-state index in [0.717, 1.165) is 16.7 Å². The van der Waals surface area contributed by atoms with Gasteiger partial charge < -0.3 is 25.0 Å². The maximum atomic E-state index is 12.8.